The zero-order valence-corrected chi connectivity index (χ0v) is 20.9. The van der Waals surface area contributed by atoms with Crippen LogP contribution in [0.15, 0.2) is 12.2 Å². The fourth-order valence-electron chi connectivity index (χ4n) is 9.09. The van der Waals surface area contributed by atoms with Crippen LogP contribution >= 0.6 is 0 Å². The number of hydrogen-bond donors (Lipinski definition) is 6. The first kappa shape index (κ1) is 25.6. The van der Waals surface area contributed by atoms with Gasteiger partial charge in [0, 0.05) is 18.3 Å². The van der Waals surface area contributed by atoms with Gasteiger partial charge in [0.15, 0.2) is 0 Å². The van der Waals surface area contributed by atoms with Gasteiger partial charge < -0.3 is 30.6 Å². The van der Waals surface area contributed by atoms with E-state index in [9.17, 15) is 30.6 Å². The lowest BCUT2D eigenvalue weighted by Gasteiger charge is -2.66. The van der Waals surface area contributed by atoms with Gasteiger partial charge in [0.05, 0.1) is 36.1 Å². The van der Waals surface area contributed by atoms with Crippen LogP contribution in [0.25, 0.3) is 0 Å². The average Bonchev–Trinajstić information content (AvgIpc) is 3.00. The van der Waals surface area contributed by atoms with E-state index in [0.717, 1.165) is 12.8 Å². The summed E-state index contributed by atoms with van der Waals surface area (Å²) in [7, 11) is 0. The molecule has 190 valence electrons. The van der Waals surface area contributed by atoms with Crippen molar-refractivity contribution in [1.29, 1.82) is 0 Å². The summed E-state index contributed by atoms with van der Waals surface area (Å²) in [4.78, 5) is 0. The molecule has 4 aliphatic rings. The van der Waals surface area contributed by atoms with Crippen molar-refractivity contribution in [2.24, 2.45) is 46.3 Å². The molecule has 0 bridgehead atoms. The molecule has 0 heterocycles. The van der Waals surface area contributed by atoms with E-state index in [1.165, 1.54) is 0 Å². The molecule has 0 amide bonds. The van der Waals surface area contributed by atoms with Crippen LogP contribution in [-0.4, -0.2) is 66.8 Å². The molecule has 6 heteroatoms. The van der Waals surface area contributed by atoms with E-state index in [-0.39, 0.29) is 41.4 Å². The van der Waals surface area contributed by atoms with Crippen LogP contribution in [0.4, 0.5) is 0 Å². The first-order chi connectivity index (χ1) is 15.3. The number of aliphatic hydroxyl groups excluding tert-OH is 5. The van der Waals surface area contributed by atoms with Crippen LogP contribution < -0.4 is 0 Å². The lowest BCUT2D eigenvalue weighted by Crippen LogP contribution is -2.70. The van der Waals surface area contributed by atoms with Gasteiger partial charge >= 0.3 is 0 Å². The highest BCUT2D eigenvalue weighted by Gasteiger charge is 2.71. The molecular weight excluding hydrogens is 420 g/mol. The summed E-state index contributed by atoms with van der Waals surface area (Å²) in [5.74, 6) is -0.487. The highest BCUT2D eigenvalue weighted by Crippen LogP contribution is 2.69. The third kappa shape index (κ3) is 3.75. The molecule has 0 aliphatic heterocycles. The maximum atomic E-state index is 12.3. The van der Waals surface area contributed by atoms with Crippen molar-refractivity contribution in [3.8, 4) is 0 Å². The first-order valence-corrected chi connectivity index (χ1v) is 13.1. The largest absolute Gasteiger partial charge is 0.393 e. The highest BCUT2D eigenvalue weighted by molar-refractivity contribution is 5.21. The average molecular weight is 467 g/mol. The van der Waals surface area contributed by atoms with Gasteiger partial charge in [-0.2, -0.15) is 0 Å². The van der Waals surface area contributed by atoms with Crippen LogP contribution in [0.3, 0.4) is 0 Å². The molecule has 3 unspecified atom stereocenters. The third-order valence-electron chi connectivity index (χ3n) is 10.9. The Hall–Kier alpha value is -0.500. The quantitative estimate of drug-likeness (QED) is 0.354. The number of fused-ring (bicyclic) bond motifs is 5. The Morgan fingerprint density at radius 3 is 2.12 bits per heavy atom. The number of aliphatic hydroxyl groups is 6. The molecule has 4 fully saturated rings. The van der Waals surface area contributed by atoms with Gasteiger partial charge in [-0.3, -0.25) is 0 Å². The van der Waals surface area contributed by atoms with Crippen LogP contribution in [0.2, 0.25) is 0 Å². The molecule has 33 heavy (non-hydrogen) atoms. The summed E-state index contributed by atoms with van der Waals surface area (Å²) in [6, 6.07) is 0. The van der Waals surface area contributed by atoms with E-state index in [4.69, 9.17) is 0 Å². The summed E-state index contributed by atoms with van der Waals surface area (Å²) in [5, 5.41) is 65.7. The monoisotopic (exact) mass is 466 g/mol. The van der Waals surface area contributed by atoms with E-state index < -0.39 is 47.5 Å². The van der Waals surface area contributed by atoms with E-state index >= 15 is 0 Å². The van der Waals surface area contributed by atoms with Crippen molar-refractivity contribution >= 4 is 0 Å². The molecule has 0 aromatic heterocycles. The van der Waals surface area contributed by atoms with Gasteiger partial charge in [-0.05, 0) is 73.5 Å². The Kier molecular flexibility index (Phi) is 6.64. The molecule has 0 radical (unpaired) electrons. The van der Waals surface area contributed by atoms with Gasteiger partial charge in [0.2, 0.25) is 0 Å². The molecule has 0 saturated heterocycles. The van der Waals surface area contributed by atoms with E-state index in [1.54, 1.807) is 6.92 Å². The topological polar surface area (TPSA) is 121 Å². The molecule has 6 N–H and O–H groups in total. The van der Waals surface area contributed by atoms with Crippen molar-refractivity contribution in [2.45, 2.75) is 109 Å². The smallest absolute Gasteiger partial charge is 0.0857 e. The van der Waals surface area contributed by atoms with E-state index in [2.05, 4.69) is 32.9 Å². The molecule has 4 aliphatic carbocycles. The minimum atomic E-state index is -1.20. The Morgan fingerprint density at radius 2 is 1.48 bits per heavy atom. The highest BCUT2D eigenvalue weighted by atomic mass is 16.3. The molecule has 6 nitrogen and oxygen atoms in total. The predicted octanol–water partition coefficient (Wildman–Crippen LogP) is 2.24. The molecule has 0 aromatic rings. The molecule has 4 rings (SSSR count). The molecular formula is C27H46O6. The van der Waals surface area contributed by atoms with Crippen molar-refractivity contribution in [1.82, 2.24) is 0 Å². The second kappa shape index (κ2) is 8.56. The fourth-order valence-corrected chi connectivity index (χ4v) is 9.09. The first-order valence-electron chi connectivity index (χ1n) is 13.1. The lowest BCUT2D eigenvalue weighted by atomic mass is 9.41. The summed E-state index contributed by atoms with van der Waals surface area (Å²) in [6.45, 7) is 10.2. The predicted molar refractivity (Wildman–Crippen MR) is 126 cm³/mol. The van der Waals surface area contributed by atoms with Gasteiger partial charge in [-0.25, -0.2) is 0 Å². The maximum absolute atomic E-state index is 12.3. The SMILES string of the molecule is CC(/C=C/[C@@H](C)[C@H]1C[C@@H](O)[C@@H]2[C@]1(C)CCC1[C@@]3(C)CC[C@H](O)[C@H](O)C3[C@@H](O)C[C@]12O)[C@@H](C)O. The van der Waals surface area contributed by atoms with Crippen molar-refractivity contribution in [3.63, 3.8) is 0 Å². The number of rotatable bonds is 4. The van der Waals surface area contributed by atoms with Gasteiger partial charge in [-0.1, -0.05) is 39.8 Å². The van der Waals surface area contributed by atoms with E-state index in [1.807, 2.05) is 6.92 Å². The molecule has 4 saturated carbocycles. The van der Waals surface area contributed by atoms with Crippen LogP contribution in [0.1, 0.15) is 73.1 Å². The van der Waals surface area contributed by atoms with Crippen molar-refractivity contribution in [2.75, 3.05) is 0 Å². The van der Waals surface area contributed by atoms with Crippen LogP contribution in [-0.2, 0) is 0 Å². The molecule has 0 aromatic carbocycles. The van der Waals surface area contributed by atoms with E-state index in [0.29, 0.717) is 19.3 Å². The Balaban J connectivity index is 1.65. The fraction of sp³-hybridized carbons (Fsp3) is 0.926. The van der Waals surface area contributed by atoms with Crippen LogP contribution in [0.5, 0.6) is 0 Å². The third-order valence-corrected chi connectivity index (χ3v) is 10.9. The summed E-state index contributed by atoms with van der Waals surface area (Å²) < 4.78 is 0. The minimum absolute atomic E-state index is 0.0563. The zero-order valence-electron chi connectivity index (χ0n) is 20.9. The van der Waals surface area contributed by atoms with Gasteiger partial charge in [-0.15, -0.1) is 0 Å². The molecule has 14 atom stereocenters. The normalized spacial score (nSPS) is 54.9. The maximum Gasteiger partial charge on any atom is 0.0857 e. The minimum Gasteiger partial charge on any atom is -0.393 e. The second-order valence-electron chi connectivity index (χ2n) is 12.7. The lowest BCUT2D eigenvalue weighted by molar-refractivity contribution is -0.280. The zero-order chi connectivity index (χ0) is 24.5. The standard InChI is InChI=1S/C27H46O6/c1-14(16(3)28)6-7-15(2)17-12-19(30)24-25(17,4)11-9-21-26(5)10-8-18(29)23(32)22(26)20(31)13-27(21,24)33/h6-7,14-24,28-33H,8-13H2,1-5H3/b7-6+/t14?,15-,16-,17-,18+,19-,20+,21?,22?,23+,24-,25-,26-,27+/m1/s1. The number of hydrogen-bond acceptors (Lipinski definition) is 6. The number of allylic oxidation sites excluding steroid dienone is 1. The van der Waals surface area contributed by atoms with Gasteiger partial charge in [0.25, 0.3) is 0 Å². The van der Waals surface area contributed by atoms with Crippen LogP contribution in [0, 0.1) is 46.3 Å². The summed E-state index contributed by atoms with van der Waals surface area (Å²) in [6.07, 6.45) is 3.94. The molecule has 0 spiro atoms. The summed E-state index contributed by atoms with van der Waals surface area (Å²) >= 11 is 0. The Labute approximate surface area is 198 Å². The van der Waals surface area contributed by atoms with Crippen molar-refractivity contribution in [3.05, 3.63) is 12.2 Å². The summed E-state index contributed by atoms with van der Waals surface area (Å²) in [5.41, 5.74) is -1.95. The van der Waals surface area contributed by atoms with Crippen molar-refractivity contribution < 1.29 is 30.6 Å². The Bertz CT molecular complexity index is 755. The van der Waals surface area contributed by atoms with Gasteiger partial charge in [0.1, 0.15) is 0 Å². The Morgan fingerprint density at radius 1 is 0.848 bits per heavy atom. The second-order valence-corrected chi connectivity index (χ2v) is 12.7.